The molecule has 3 N–H and O–H groups in total. The molecule has 0 bridgehead atoms. The summed E-state index contributed by atoms with van der Waals surface area (Å²) < 4.78 is 0. The molecular formula is C17H23N3. The van der Waals surface area contributed by atoms with Crippen LogP contribution in [0.1, 0.15) is 22.3 Å². The molecule has 2 aromatic rings. The van der Waals surface area contributed by atoms with E-state index in [4.69, 9.17) is 5.73 Å². The van der Waals surface area contributed by atoms with Crippen LogP contribution in [0.3, 0.4) is 0 Å². The molecule has 0 aliphatic carbocycles. The Hall–Kier alpha value is -1.87. The molecule has 1 aromatic heterocycles. The number of likely N-dealkylation sites (N-methyl/N-ethyl adjacent to an activating group) is 1. The zero-order chi connectivity index (χ0) is 14.5. The predicted molar refractivity (Wildman–Crippen MR) is 84.8 cm³/mol. The number of pyridine rings is 1. The van der Waals surface area contributed by atoms with E-state index in [-0.39, 0.29) is 0 Å². The Morgan fingerprint density at radius 1 is 1.05 bits per heavy atom. The first kappa shape index (κ1) is 14.5. The summed E-state index contributed by atoms with van der Waals surface area (Å²) in [6, 6.07) is 11.1. The summed E-state index contributed by atoms with van der Waals surface area (Å²) in [5.74, 6) is 0.587. The molecular weight excluding hydrogens is 246 g/mol. The normalized spacial score (nSPS) is 12.3. The number of hydrogen-bond donors (Lipinski definition) is 2. The predicted octanol–water partition coefficient (Wildman–Crippen LogP) is 2.65. The third kappa shape index (κ3) is 3.81. The van der Waals surface area contributed by atoms with Crippen LogP contribution < -0.4 is 11.1 Å². The van der Waals surface area contributed by atoms with Crippen LogP contribution in [0.2, 0.25) is 0 Å². The van der Waals surface area contributed by atoms with Crippen LogP contribution in [0.4, 0.5) is 5.82 Å². The van der Waals surface area contributed by atoms with Crippen molar-refractivity contribution in [1.29, 1.82) is 0 Å². The fourth-order valence-corrected chi connectivity index (χ4v) is 2.40. The van der Waals surface area contributed by atoms with Gasteiger partial charge in [-0.25, -0.2) is 4.98 Å². The number of nitrogens with two attached hydrogens (primary N) is 1. The van der Waals surface area contributed by atoms with E-state index < -0.39 is 0 Å². The van der Waals surface area contributed by atoms with Gasteiger partial charge in [0.15, 0.2) is 0 Å². The van der Waals surface area contributed by atoms with Crippen LogP contribution in [0.5, 0.6) is 0 Å². The number of nitrogen functional groups attached to an aromatic ring is 1. The van der Waals surface area contributed by atoms with E-state index in [0.717, 1.165) is 12.8 Å². The minimum Gasteiger partial charge on any atom is -0.384 e. The van der Waals surface area contributed by atoms with Crippen LogP contribution in [0, 0.1) is 13.8 Å². The third-order valence-corrected chi connectivity index (χ3v) is 3.79. The number of anilines is 1. The molecule has 0 saturated carbocycles. The highest BCUT2D eigenvalue weighted by Crippen LogP contribution is 2.14. The maximum absolute atomic E-state index is 5.73. The highest BCUT2D eigenvalue weighted by Gasteiger charge is 2.09. The molecule has 0 radical (unpaired) electrons. The monoisotopic (exact) mass is 269 g/mol. The van der Waals surface area contributed by atoms with Gasteiger partial charge in [-0.15, -0.1) is 0 Å². The standard InChI is InChI=1S/C17H23N3/c1-12-4-5-14(8-13(12)2)9-16(19-3)10-15-6-7-20-17(18)11-15/h4-8,11,16,19H,9-10H2,1-3H3,(H2,18,20). The van der Waals surface area contributed by atoms with Gasteiger partial charge in [0.2, 0.25) is 0 Å². The molecule has 1 unspecified atom stereocenters. The van der Waals surface area contributed by atoms with Crippen molar-refractivity contribution in [3.63, 3.8) is 0 Å². The lowest BCUT2D eigenvalue weighted by molar-refractivity contribution is 0.556. The van der Waals surface area contributed by atoms with Crippen LogP contribution in [-0.2, 0) is 12.8 Å². The van der Waals surface area contributed by atoms with Gasteiger partial charge in [-0.2, -0.15) is 0 Å². The number of benzene rings is 1. The van der Waals surface area contributed by atoms with E-state index in [1.807, 2.05) is 19.2 Å². The van der Waals surface area contributed by atoms with Crippen molar-refractivity contribution in [2.24, 2.45) is 0 Å². The van der Waals surface area contributed by atoms with E-state index in [1.54, 1.807) is 6.20 Å². The van der Waals surface area contributed by atoms with Gasteiger partial charge in [0.1, 0.15) is 5.82 Å². The smallest absolute Gasteiger partial charge is 0.123 e. The van der Waals surface area contributed by atoms with E-state index in [2.05, 4.69) is 42.3 Å². The van der Waals surface area contributed by atoms with Crippen LogP contribution in [-0.4, -0.2) is 18.1 Å². The van der Waals surface area contributed by atoms with Gasteiger partial charge in [-0.1, -0.05) is 18.2 Å². The summed E-state index contributed by atoms with van der Waals surface area (Å²) in [4.78, 5) is 4.04. The Labute approximate surface area is 121 Å². The van der Waals surface area contributed by atoms with Gasteiger partial charge in [0, 0.05) is 12.2 Å². The Bertz CT molecular complexity index is 578. The lowest BCUT2D eigenvalue weighted by Gasteiger charge is -2.17. The number of aryl methyl sites for hydroxylation is 2. The lowest BCUT2D eigenvalue weighted by atomic mass is 9.97. The Morgan fingerprint density at radius 2 is 1.75 bits per heavy atom. The van der Waals surface area contributed by atoms with Gasteiger partial charge in [-0.05, 0) is 68.1 Å². The number of hydrogen-bond acceptors (Lipinski definition) is 3. The van der Waals surface area contributed by atoms with Gasteiger partial charge < -0.3 is 11.1 Å². The largest absolute Gasteiger partial charge is 0.384 e. The summed E-state index contributed by atoms with van der Waals surface area (Å²) in [6.45, 7) is 4.31. The summed E-state index contributed by atoms with van der Waals surface area (Å²) in [7, 11) is 2.01. The molecule has 106 valence electrons. The summed E-state index contributed by atoms with van der Waals surface area (Å²) in [5.41, 5.74) is 11.0. The minimum absolute atomic E-state index is 0.402. The Morgan fingerprint density at radius 3 is 2.35 bits per heavy atom. The highest BCUT2D eigenvalue weighted by atomic mass is 14.9. The summed E-state index contributed by atoms with van der Waals surface area (Å²) in [5, 5.41) is 3.39. The average Bonchev–Trinajstić information content (AvgIpc) is 2.42. The van der Waals surface area contributed by atoms with Gasteiger partial charge >= 0.3 is 0 Å². The zero-order valence-corrected chi connectivity index (χ0v) is 12.5. The Kier molecular flexibility index (Phi) is 4.74. The number of nitrogens with zero attached hydrogens (tertiary/aromatic N) is 1. The second-order valence-electron chi connectivity index (χ2n) is 5.40. The van der Waals surface area contributed by atoms with Crippen molar-refractivity contribution in [1.82, 2.24) is 10.3 Å². The fraction of sp³-hybridized carbons (Fsp3) is 0.353. The maximum Gasteiger partial charge on any atom is 0.123 e. The van der Waals surface area contributed by atoms with Crippen LogP contribution in [0.25, 0.3) is 0 Å². The molecule has 0 aliphatic rings. The molecule has 0 amide bonds. The SMILES string of the molecule is CNC(Cc1ccnc(N)c1)Cc1ccc(C)c(C)c1. The average molecular weight is 269 g/mol. The third-order valence-electron chi connectivity index (χ3n) is 3.79. The number of rotatable bonds is 5. The Balaban J connectivity index is 2.07. The molecule has 3 heteroatoms. The van der Waals surface area contributed by atoms with E-state index in [1.165, 1.54) is 22.3 Å². The van der Waals surface area contributed by atoms with Gasteiger partial charge in [0.25, 0.3) is 0 Å². The molecule has 1 atom stereocenters. The topological polar surface area (TPSA) is 50.9 Å². The second-order valence-corrected chi connectivity index (χ2v) is 5.40. The molecule has 20 heavy (non-hydrogen) atoms. The molecule has 0 spiro atoms. The van der Waals surface area contributed by atoms with Gasteiger partial charge in [-0.3, -0.25) is 0 Å². The first-order valence-corrected chi connectivity index (χ1v) is 7.02. The van der Waals surface area contributed by atoms with Crippen molar-refractivity contribution in [3.05, 3.63) is 58.8 Å². The van der Waals surface area contributed by atoms with Crippen molar-refractivity contribution >= 4 is 5.82 Å². The molecule has 0 saturated heterocycles. The maximum atomic E-state index is 5.73. The first-order valence-electron chi connectivity index (χ1n) is 7.02. The van der Waals surface area contributed by atoms with Gasteiger partial charge in [0.05, 0.1) is 0 Å². The molecule has 2 rings (SSSR count). The quantitative estimate of drug-likeness (QED) is 0.877. The number of aromatic nitrogens is 1. The first-order chi connectivity index (χ1) is 9.58. The van der Waals surface area contributed by atoms with E-state index >= 15 is 0 Å². The molecule has 0 fully saturated rings. The van der Waals surface area contributed by atoms with E-state index in [0.29, 0.717) is 11.9 Å². The molecule has 3 nitrogen and oxygen atoms in total. The molecule has 0 aliphatic heterocycles. The fourth-order valence-electron chi connectivity index (χ4n) is 2.40. The minimum atomic E-state index is 0.402. The van der Waals surface area contributed by atoms with Crippen molar-refractivity contribution < 1.29 is 0 Å². The summed E-state index contributed by atoms with van der Waals surface area (Å²) in [6.07, 6.45) is 3.74. The van der Waals surface area contributed by atoms with Crippen LogP contribution >= 0.6 is 0 Å². The summed E-state index contributed by atoms with van der Waals surface area (Å²) >= 11 is 0. The molecule has 1 aromatic carbocycles. The van der Waals surface area contributed by atoms with Crippen molar-refractivity contribution in [2.45, 2.75) is 32.7 Å². The zero-order valence-electron chi connectivity index (χ0n) is 12.5. The van der Waals surface area contributed by atoms with Crippen molar-refractivity contribution in [3.8, 4) is 0 Å². The number of nitrogens with one attached hydrogen (secondary N) is 1. The highest BCUT2D eigenvalue weighted by molar-refractivity contribution is 5.33. The van der Waals surface area contributed by atoms with Crippen LogP contribution in [0.15, 0.2) is 36.5 Å². The lowest BCUT2D eigenvalue weighted by Crippen LogP contribution is -2.30. The van der Waals surface area contributed by atoms with E-state index in [9.17, 15) is 0 Å². The second kappa shape index (κ2) is 6.53. The molecule has 1 heterocycles. The van der Waals surface area contributed by atoms with Crippen molar-refractivity contribution in [2.75, 3.05) is 12.8 Å².